The first-order valence-corrected chi connectivity index (χ1v) is 12.3. The van der Waals surface area contributed by atoms with Crippen molar-refractivity contribution in [3.63, 3.8) is 0 Å². The fourth-order valence-electron chi connectivity index (χ4n) is 4.87. The summed E-state index contributed by atoms with van der Waals surface area (Å²) in [6.45, 7) is 10.2. The topological polar surface area (TPSA) is 52.6 Å². The van der Waals surface area contributed by atoms with Gasteiger partial charge in [0.2, 0.25) is 0 Å². The maximum atomic E-state index is 13.0. The van der Waals surface area contributed by atoms with Crippen LogP contribution in [0.1, 0.15) is 37.8 Å². The molecule has 0 radical (unpaired) electrons. The minimum absolute atomic E-state index is 0.0374. The van der Waals surface area contributed by atoms with Crippen LogP contribution in [0.2, 0.25) is 0 Å². The van der Waals surface area contributed by atoms with E-state index in [1.54, 1.807) is 12.4 Å². The second-order valence-corrected chi connectivity index (χ2v) is 9.37. The Kier molecular flexibility index (Phi) is 7.93. The third kappa shape index (κ3) is 5.77. The van der Waals surface area contributed by atoms with Gasteiger partial charge in [0.05, 0.1) is 0 Å². The molecule has 0 aliphatic carbocycles. The Morgan fingerprint density at radius 3 is 2.51 bits per heavy atom. The average Bonchev–Trinajstić information content (AvgIpc) is 2.89. The smallest absolute Gasteiger partial charge is 0.250 e. The monoisotopic (exact) mass is 469 g/mol. The molecule has 0 saturated carbocycles. The molecule has 0 unspecified atom stereocenters. The number of likely N-dealkylation sites (tertiary alicyclic amines) is 1. The van der Waals surface area contributed by atoms with Crippen molar-refractivity contribution in [3.8, 4) is 0 Å². The quantitative estimate of drug-likeness (QED) is 0.423. The van der Waals surface area contributed by atoms with Crippen molar-refractivity contribution in [3.05, 3.63) is 90.9 Å². The van der Waals surface area contributed by atoms with Crippen LogP contribution in [-0.2, 0) is 11.2 Å². The second-order valence-electron chi connectivity index (χ2n) is 9.37. The van der Waals surface area contributed by atoms with Gasteiger partial charge in [-0.05, 0) is 74.2 Å². The van der Waals surface area contributed by atoms with Crippen LogP contribution in [0.4, 0.5) is 17.2 Å². The molecule has 0 spiro atoms. The van der Waals surface area contributed by atoms with Gasteiger partial charge in [-0.1, -0.05) is 24.8 Å². The first-order valence-electron chi connectivity index (χ1n) is 12.3. The predicted molar refractivity (Wildman–Crippen MR) is 143 cm³/mol. The minimum atomic E-state index is -0.0374. The van der Waals surface area contributed by atoms with E-state index in [-0.39, 0.29) is 11.9 Å². The van der Waals surface area contributed by atoms with E-state index in [1.807, 2.05) is 48.5 Å². The van der Waals surface area contributed by atoms with E-state index in [1.165, 1.54) is 6.08 Å². The van der Waals surface area contributed by atoms with Crippen molar-refractivity contribution in [2.75, 3.05) is 29.9 Å². The Morgan fingerprint density at radius 1 is 1.09 bits per heavy atom. The molecule has 1 aliphatic heterocycles. The third-order valence-electron chi connectivity index (χ3n) is 6.83. The summed E-state index contributed by atoms with van der Waals surface area (Å²) in [5.41, 5.74) is 4.23. The summed E-state index contributed by atoms with van der Waals surface area (Å²) in [6.07, 6.45) is 9.47. The number of rotatable bonds is 8. The fourth-order valence-corrected chi connectivity index (χ4v) is 4.87. The fraction of sp³-hybridized carbons (Fsp3) is 0.345. The highest BCUT2D eigenvalue weighted by molar-refractivity contribution is 6.01. The zero-order valence-electron chi connectivity index (χ0n) is 21.0. The van der Waals surface area contributed by atoms with Gasteiger partial charge >= 0.3 is 0 Å². The molecule has 1 aliphatic rings. The van der Waals surface area contributed by atoms with Crippen LogP contribution in [0, 0.1) is 0 Å². The summed E-state index contributed by atoms with van der Waals surface area (Å²) in [5, 5.41) is 0. The van der Waals surface area contributed by atoms with Crippen LogP contribution in [-0.4, -0.2) is 53.0 Å². The lowest BCUT2D eigenvalue weighted by Crippen LogP contribution is -2.48. The predicted octanol–water partition coefficient (Wildman–Crippen LogP) is 5.23. The molecule has 1 amide bonds. The van der Waals surface area contributed by atoms with Crippen molar-refractivity contribution >= 4 is 23.1 Å². The average molecular weight is 470 g/mol. The van der Waals surface area contributed by atoms with Crippen molar-refractivity contribution in [2.24, 2.45) is 0 Å². The summed E-state index contributed by atoms with van der Waals surface area (Å²) >= 11 is 0. The van der Waals surface area contributed by atoms with Crippen LogP contribution in [0.3, 0.4) is 0 Å². The number of amides is 1. The van der Waals surface area contributed by atoms with E-state index in [0.717, 1.165) is 54.3 Å². The molecule has 3 heterocycles. The Morgan fingerprint density at radius 2 is 1.83 bits per heavy atom. The summed E-state index contributed by atoms with van der Waals surface area (Å²) in [5.74, 6) is 0.869. The number of nitrogens with zero attached hydrogens (tertiary/aromatic N) is 5. The van der Waals surface area contributed by atoms with Crippen molar-refractivity contribution in [1.82, 2.24) is 14.9 Å². The van der Waals surface area contributed by atoms with Gasteiger partial charge in [-0.25, -0.2) is 4.98 Å². The maximum Gasteiger partial charge on any atom is 0.250 e. The van der Waals surface area contributed by atoms with E-state index in [2.05, 4.69) is 58.4 Å². The van der Waals surface area contributed by atoms with E-state index < -0.39 is 0 Å². The molecule has 0 N–H and O–H groups in total. The summed E-state index contributed by atoms with van der Waals surface area (Å²) in [6, 6.07) is 17.1. The highest BCUT2D eigenvalue weighted by Crippen LogP contribution is 2.29. The molecular weight excluding hydrogens is 434 g/mol. The van der Waals surface area contributed by atoms with Crippen molar-refractivity contribution in [2.45, 2.75) is 45.2 Å². The first-order chi connectivity index (χ1) is 17.0. The van der Waals surface area contributed by atoms with E-state index in [0.29, 0.717) is 12.5 Å². The van der Waals surface area contributed by atoms with Crippen molar-refractivity contribution < 1.29 is 4.79 Å². The maximum absolute atomic E-state index is 13.0. The number of carbonyl (C=O) groups excluding carboxylic acids is 1. The first kappa shape index (κ1) is 24.6. The minimum Gasteiger partial charge on any atom is -0.329 e. The molecule has 6 nitrogen and oxygen atoms in total. The van der Waals surface area contributed by atoms with Crippen LogP contribution in [0.5, 0.6) is 0 Å². The Hall–Kier alpha value is -3.51. The zero-order valence-corrected chi connectivity index (χ0v) is 21.0. The SMILES string of the molecule is C=CC(=O)N(c1cccc(Cc2cccnc2N(C)c2ccncc2)c1)C1CCN(C(C)C)CC1. The number of pyridine rings is 2. The Balaban J connectivity index is 1.58. The largest absolute Gasteiger partial charge is 0.329 e. The molecular formula is C29H35N5O. The van der Waals surface area contributed by atoms with Gasteiger partial charge in [0, 0.05) is 68.6 Å². The highest BCUT2D eigenvalue weighted by atomic mass is 16.2. The standard InChI is InChI=1S/C29H35N5O/c1-5-28(35)34(26-13-18-33(19-14-26)22(2)3)27-10-6-8-23(21-27)20-24-9-7-15-31-29(24)32(4)25-11-16-30-17-12-25/h5-12,15-17,21-22,26H,1,13-14,18-20H2,2-4H3. The van der Waals surface area contributed by atoms with Gasteiger partial charge < -0.3 is 14.7 Å². The van der Waals surface area contributed by atoms with E-state index in [4.69, 9.17) is 0 Å². The summed E-state index contributed by atoms with van der Waals surface area (Å²) in [4.78, 5) is 28.3. The molecule has 2 aromatic heterocycles. The van der Waals surface area contributed by atoms with Gasteiger partial charge in [0.1, 0.15) is 5.82 Å². The van der Waals surface area contributed by atoms with Gasteiger partial charge in [0.15, 0.2) is 0 Å². The lowest BCUT2D eigenvalue weighted by molar-refractivity contribution is -0.114. The van der Waals surface area contributed by atoms with Crippen LogP contribution >= 0.6 is 0 Å². The van der Waals surface area contributed by atoms with Crippen LogP contribution in [0.15, 0.2) is 79.8 Å². The highest BCUT2D eigenvalue weighted by Gasteiger charge is 2.29. The lowest BCUT2D eigenvalue weighted by Gasteiger charge is -2.39. The molecule has 1 fully saturated rings. The second kappa shape index (κ2) is 11.3. The molecule has 182 valence electrons. The number of aromatic nitrogens is 2. The molecule has 1 saturated heterocycles. The van der Waals surface area contributed by atoms with Gasteiger partial charge in [-0.15, -0.1) is 0 Å². The normalized spacial score (nSPS) is 14.6. The van der Waals surface area contributed by atoms with Crippen molar-refractivity contribution in [1.29, 1.82) is 0 Å². The molecule has 0 atom stereocenters. The molecule has 4 rings (SSSR count). The van der Waals surface area contributed by atoms with Gasteiger partial charge in [0.25, 0.3) is 5.91 Å². The zero-order chi connectivity index (χ0) is 24.8. The number of carbonyl (C=O) groups is 1. The number of benzene rings is 1. The van der Waals surface area contributed by atoms with Gasteiger partial charge in [-0.3, -0.25) is 9.78 Å². The Bertz CT molecular complexity index is 1140. The molecule has 6 heteroatoms. The van der Waals surface area contributed by atoms with Crippen LogP contribution < -0.4 is 9.80 Å². The molecule has 35 heavy (non-hydrogen) atoms. The van der Waals surface area contributed by atoms with Gasteiger partial charge in [-0.2, -0.15) is 0 Å². The lowest BCUT2D eigenvalue weighted by atomic mass is 9.99. The molecule has 1 aromatic carbocycles. The number of piperidine rings is 1. The number of anilines is 3. The van der Waals surface area contributed by atoms with E-state index >= 15 is 0 Å². The van der Waals surface area contributed by atoms with E-state index in [9.17, 15) is 4.79 Å². The Labute approximate surface area is 208 Å². The third-order valence-corrected chi connectivity index (χ3v) is 6.83. The van der Waals surface area contributed by atoms with Crippen LogP contribution in [0.25, 0.3) is 0 Å². The number of hydrogen-bond acceptors (Lipinski definition) is 5. The molecule has 0 bridgehead atoms. The summed E-state index contributed by atoms with van der Waals surface area (Å²) < 4.78 is 0. The summed E-state index contributed by atoms with van der Waals surface area (Å²) in [7, 11) is 2.02. The number of hydrogen-bond donors (Lipinski definition) is 0. The molecule has 3 aromatic rings.